The predicted molar refractivity (Wildman–Crippen MR) is 141 cm³/mol. The zero-order chi connectivity index (χ0) is 25.8. The Bertz CT molecular complexity index is 1150. The van der Waals surface area contributed by atoms with Crippen LogP contribution in [0.2, 0.25) is 0 Å². The van der Waals surface area contributed by atoms with Crippen LogP contribution in [0.1, 0.15) is 106 Å². The number of carbonyl (C=O) groups excluding carboxylic acids is 2. The molecule has 0 spiro atoms. The SMILES string of the molecule is CC(=O)N1C[C@H](C(=O)Cc2ccc(C)cc2C)[C@@H](c2nnc(C3CC(CC(C)(C)C)C3)n2C2CC2)C1. The molecule has 2 heterocycles. The fourth-order valence-electron chi connectivity index (χ4n) is 6.55. The van der Waals surface area contributed by atoms with Crippen LogP contribution in [0.5, 0.6) is 0 Å². The predicted octanol–water partition coefficient (Wildman–Crippen LogP) is 5.53. The molecule has 1 aliphatic heterocycles. The summed E-state index contributed by atoms with van der Waals surface area (Å²) in [6.07, 6.45) is 6.32. The number of Topliss-reactive ketones (excluding diaryl/α,β-unsaturated/α-hetero) is 1. The van der Waals surface area contributed by atoms with E-state index in [1.807, 2.05) is 4.90 Å². The Balaban J connectivity index is 1.39. The third kappa shape index (κ3) is 5.14. The average Bonchev–Trinajstić information content (AvgIpc) is 3.34. The van der Waals surface area contributed by atoms with E-state index < -0.39 is 0 Å². The summed E-state index contributed by atoms with van der Waals surface area (Å²) in [7, 11) is 0. The molecule has 0 unspecified atom stereocenters. The van der Waals surface area contributed by atoms with Gasteiger partial charge in [-0.15, -0.1) is 10.2 Å². The fourth-order valence-corrected chi connectivity index (χ4v) is 6.55. The molecule has 6 nitrogen and oxygen atoms in total. The van der Waals surface area contributed by atoms with Crippen LogP contribution in [-0.2, 0) is 16.0 Å². The summed E-state index contributed by atoms with van der Waals surface area (Å²) < 4.78 is 2.39. The monoisotopic (exact) mass is 490 g/mol. The molecule has 0 radical (unpaired) electrons. The van der Waals surface area contributed by atoms with Crippen LogP contribution < -0.4 is 0 Å². The Labute approximate surface area is 215 Å². The molecule has 2 aliphatic carbocycles. The minimum Gasteiger partial charge on any atom is -0.341 e. The van der Waals surface area contributed by atoms with Crippen LogP contribution in [0.3, 0.4) is 0 Å². The van der Waals surface area contributed by atoms with Gasteiger partial charge in [-0.3, -0.25) is 9.59 Å². The molecule has 5 rings (SSSR count). The van der Waals surface area contributed by atoms with Gasteiger partial charge in [-0.2, -0.15) is 0 Å². The van der Waals surface area contributed by atoms with Crippen molar-refractivity contribution in [1.82, 2.24) is 19.7 Å². The maximum atomic E-state index is 13.7. The van der Waals surface area contributed by atoms with Gasteiger partial charge in [0.05, 0.1) is 0 Å². The molecule has 6 heteroatoms. The average molecular weight is 491 g/mol. The quantitative estimate of drug-likeness (QED) is 0.511. The Morgan fingerprint density at radius 1 is 1.03 bits per heavy atom. The Kier molecular flexibility index (Phi) is 6.59. The van der Waals surface area contributed by atoms with Gasteiger partial charge in [0, 0.05) is 50.2 Å². The molecule has 0 bridgehead atoms. The number of ketones is 1. The summed E-state index contributed by atoms with van der Waals surface area (Å²) in [6.45, 7) is 13.8. The largest absolute Gasteiger partial charge is 0.341 e. The molecule has 194 valence electrons. The molecule has 0 N–H and O–H groups in total. The van der Waals surface area contributed by atoms with Gasteiger partial charge in [-0.05, 0) is 68.4 Å². The highest BCUT2D eigenvalue weighted by Gasteiger charge is 2.45. The van der Waals surface area contributed by atoms with E-state index in [1.54, 1.807) is 6.92 Å². The molecule has 2 saturated carbocycles. The summed E-state index contributed by atoms with van der Waals surface area (Å²) in [4.78, 5) is 27.9. The number of aryl methyl sites for hydroxylation is 2. The van der Waals surface area contributed by atoms with E-state index in [1.165, 1.54) is 24.8 Å². The lowest BCUT2D eigenvalue weighted by atomic mass is 9.68. The van der Waals surface area contributed by atoms with E-state index in [4.69, 9.17) is 10.2 Å². The molecule has 36 heavy (non-hydrogen) atoms. The summed E-state index contributed by atoms with van der Waals surface area (Å²) in [5, 5.41) is 9.49. The highest BCUT2D eigenvalue weighted by molar-refractivity contribution is 5.86. The van der Waals surface area contributed by atoms with Crippen molar-refractivity contribution in [2.45, 2.75) is 97.9 Å². The number of rotatable bonds is 7. The minimum atomic E-state index is -0.237. The molecule has 3 aliphatic rings. The Hall–Kier alpha value is -2.50. The zero-order valence-corrected chi connectivity index (χ0v) is 22.9. The van der Waals surface area contributed by atoms with Crippen molar-refractivity contribution in [3.8, 4) is 0 Å². The van der Waals surface area contributed by atoms with Gasteiger partial charge in [0.2, 0.25) is 5.91 Å². The zero-order valence-electron chi connectivity index (χ0n) is 22.9. The summed E-state index contributed by atoms with van der Waals surface area (Å²) >= 11 is 0. The molecular weight excluding hydrogens is 448 g/mol. The van der Waals surface area contributed by atoms with Crippen LogP contribution in [0.15, 0.2) is 18.2 Å². The number of likely N-dealkylation sites (tertiary alicyclic amines) is 1. The van der Waals surface area contributed by atoms with E-state index >= 15 is 0 Å². The van der Waals surface area contributed by atoms with Gasteiger partial charge in [0.15, 0.2) is 0 Å². The van der Waals surface area contributed by atoms with Gasteiger partial charge < -0.3 is 9.47 Å². The lowest BCUT2D eigenvalue weighted by Crippen LogP contribution is -2.29. The van der Waals surface area contributed by atoms with Crippen molar-refractivity contribution in [1.29, 1.82) is 0 Å². The smallest absolute Gasteiger partial charge is 0.219 e. The van der Waals surface area contributed by atoms with E-state index in [-0.39, 0.29) is 23.5 Å². The normalized spacial score (nSPS) is 26.2. The third-order valence-corrected chi connectivity index (χ3v) is 8.54. The molecule has 3 fully saturated rings. The first-order chi connectivity index (χ1) is 17.0. The van der Waals surface area contributed by atoms with Crippen LogP contribution in [-0.4, -0.2) is 44.4 Å². The van der Waals surface area contributed by atoms with Crippen LogP contribution in [0.4, 0.5) is 0 Å². The highest BCUT2D eigenvalue weighted by atomic mass is 16.2. The highest BCUT2D eigenvalue weighted by Crippen LogP contribution is 2.49. The van der Waals surface area contributed by atoms with E-state index in [0.29, 0.717) is 36.9 Å². The molecule has 2 aromatic rings. The van der Waals surface area contributed by atoms with Crippen molar-refractivity contribution in [3.05, 3.63) is 46.5 Å². The van der Waals surface area contributed by atoms with Crippen molar-refractivity contribution in [2.75, 3.05) is 13.1 Å². The van der Waals surface area contributed by atoms with Gasteiger partial charge in [0.25, 0.3) is 0 Å². The summed E-state index contributed by atoms with van der Waals surface area (Å²) in [6, 6.07) is 6.74. The van der Waals surface area contributed by atoms with Gasteiger partial charge in [0.1, 0.15) is 17.4 Å². The Morgan fingerprint density at radius 3 is 2.33 bits per heavy atom. The first kappa shape index (κ1) is 25.2. The van der Waals surface area contributed by atoms with Gasteiger partial charge in [-0.25, -0.2) is 0 Å². The second-order valence-corrected chi connectivity index (χ2v) is 13.0. The number of aromatic nitrogens is 3. The lowest BCUT2D eigenvalue weighted by molar-refractivity contribution is -0.128. The van der Waals surface area contributed by atoms with Crippen molar-refractivity contribution in [3.63, 3.8) is 0 Å². The van der Waals surface area contributed by atoms with Gasteiger partial charge >= 0.3 is 0 Å². The fraction of sp³-hybridized carbons (Fsp3) is 0.667. The molecule has 1 saturated heterocycles. The number of nitrogens with zero attached hydrogens (tertiary/aromatic N) is 4. The van der Waals surface area contributed by atoms with Crippen LogP contribution >= 0.6 is 0 Å². The number of hydrogen-bond donors (Lipinski definition) is 0. The van der Waals surface area contributed by atoms with E-state index in [0.717, 1.165) is 41.5 Å². The minimum absolute atomic E-state index is 0.0311. The van der Waals surface area contributed by atoms with Crippen molar-refractivity contribution >= 4 is 11.7 Å². The molecule has 2 atom stereocenters. The van der Waals surface area contributed by atoms with Crippen molar-refractivity contribution < 1.29 is 9.59 Å². The second kappa shape index (κ2) is 9.42. The summed E-state index contributed by atoms with van der Waals surface area (Å²) in [5.74, 6) is 3.20. The molecular formula is C30H42N4O2. The number of amides is 1. The van der Waals surface area contributed by atoms with Gasteiger partial charge in [-0.1, -0.05) is 44.5 Å². The maximum absolute atomic E-state index is 13.7. The second-order valence-electron chi connectivity index (χ2n) is 13.0. The number of benzene rings is 1. The Morgan fingerprint density at radius 2 is 1.72 bits per heavy atom. The van der Waals surface area contributed by atoms with E-state index in [2.05, 4.69) is 57.4 Å². The third-order valence-electron chi connectivity index (χ3n) is 8.54. The summed E-state index contributed by atoms with van der Waals surface area (Å²) in [5.41, 5.74) is 3.79. The lowest BCUT2D eigenvalue weighted by Gasteiger charge is -2.38. The maximum Gasteiger partial charge on any atom is 0.219 e. The van der Waals surface area contributed by atoms with Crippen molar-refractivity contribution in [2.24, 2.45) is 17.3 Å². The first-order valence-electron chi connectivity index (χ1n) is 13.8. The van der Waals surface area contributed by atoms with Crippen LogP contribution in [0.25, 0.3) is 0 Å². The first-order valence-corrected chi connectivity index (χ1v) is 13.8. The molecule has 1 amide bonds. The number of hydrogen-bond acceptors (Lipinski definition) is 4. The number of carbonyl (C=O) groups is 2. The molecule has 1 aromatic heterocycles. The topological polar surface area (TPSA) is 68.1 Å². The van der Waals surface area contributed by atoms with E-state index in [9.17, 15) is 9.59 Å². The standard InChI is InChI=1S/C30H42N4O2/c1-18-7-8-22(19(2)11-18)14-27(36)25-16-33(20(3)35)17-26(25)29-32-31-28(34(29)24-9-10-24)23-12-21(13-23)15-30(4,5)6/h7-8,11,21,23-26H,9-10,12-17H2,1-6H3/t21?,23?,25-,26-/m0/s1. The van der Waals surface area contributed by atoms with Crippen LogP contribution in [0, 0.1) is 31.1 Å². The molecule has 1 aromatic carbocycles.